The summed E-state index contributed by atoms with van der Waals surface area (Å²) in [4.78, 5) is 4.11. The van der Waals surface area contributed by atoms with Crippen LogP contribution in [0.1, 0.15) is 11.1 Å². The Labute approximate surface area is 130 Å². The van der Waals surface area contributed by atoms with Crippen molar-refractivity contribution in [3.63, 3.8) is 0 Å². The summed E-state index contributed by atoms with van der Waals surface area (Å²) in [7, 11) is 0. The summed E-state index contributed by atoms with van der Waals surface area (Å²) in [5, 5.41) is 0. The summed E-state index contributed by atoms with van der Waals surface area (Å²) >= 11 is 0. The van der Waals surface area contributed by atoms with E-state index in [-0.39, 0.29) is 0 Å². The Hall–Kier alpha value is -2.81. The van der Waals surface area contributed by atoms with Crippen molar-refractivity contribution >= 4 is 0 Å². The van der Waals surface area contributed by atoms with Crippen molar-refractivity contribution in [1.82, 2.24) is 4.98 Å². The minimum atomic E-state index is 0.494. The van der Waals surface area contributed by atoms with E-state index in [0.717, 1.165) is 11.1 Å². The first kappa shape index (κ1) is 14.1. The maximum Gasteiger partial charge on any atom is 0.179 e. The molecule has 3 aromatic rings. The molecule has 0 amide bonds. The molecule has 3 rings (SSSR count). The second-order valence-electron chi connectivity index (χ2n) is 4.87. The molecule has 0 spiro atoms. The van der Waals surface area contributed by atoms with Crippen molar-refractivity contribution in [2.75, 3.05) is 0 Å². The fraction of sp³-hybridized carbons (Fsp3) is 0.105. The third-order valence-electron chi connectivity index (χ3n) is 3.22. The highest BCUT2D eigenvalue weighted by Crippen LogP contribution is 2.27. The first-order valence-electron chi connectivity index (χ1n) is 7.19. The maximum absolute atomic E-state index is 5.85. The van der Waals surface area contributed by atoms with Crippen LogP contribution in [0.2, 0.25) is 0 Å². The van der Waals surface area contributed by atoms with E-state index in [0.29, 0.717) is 24.7 Å². The van der Waals surface area contributed by atoms with Crippen LogP contribution in [0.4, 0.5) is 0 Å². The number of pyridine rings is 1. The second kappa shape index (κ2) is 7.27. The second-order valence-corrected chi connectivity index (χ2v) is 4.87. The lowest BCUT2D eigenvalue weighted by molar-refractivity contribution is 0.255. The smallest absolute Gasteiger partial charge is 0.179 e. The van der Waals surface area contributed by atoms with Crippen molar-refractivity contribution < 1.29 is 9.47 Å². The molecule has 0 unspecified atom stereocenters. The molecule has 0 aliphatic heterocycles. The van der Waals surface area contributed by atoms with Gasteiger partial charge < -0.3 is 9.47 Å². The molecule has 0 bridgehead atoms. The lowest BCUT2D eigenvalue weighted by Gasteiger charge is -2.12. The van der Waals surface area contributed by atoms with Crippen LogP contribution in [0.3, 0.4) is 0 Å². The highest BCUT2D eigenvalue weighted by molar-refractivity contribution is 5.37. The molecular formula is C19H17NO2. The van der Waals surface area contributed by atoms with Crippen LogP contribution in [-0.4, -0.2) is 4.98 Å². The predicted octanol–water partition coefficient (Wildman–Crippen LogP) is 4.24. The quantitative estimate of drug-likeness (QED) is 0.680. The Bertz CT molecular complexity index is 636. The van der Waals surface area contributed by atoms with E-state index in [4.69, 9.17) is 9.47 Å². The van der Waals surface area contributed by atoms with Gasteiger partial charge in [-0.25, -0.2) is 0 Å². The minimum absolute atomic E-state index is 0.494. The summed E-state index contributed by atoms with van der Waals surface area (Å²) in [6.07, 6.45) is 3.39. The average Bonchev–Trinajstić information content (AvgIpc) is 2.61. The molecule has 0 saturated heterocycles. The third-order valence-corrected chi connectivity index (χ3v) is 3.22. The number of hydrogen-bond acceptors (Lipinski definition) is 3. The van der Waals surface area contributed by atoms with E-state index in [1.165, 1.54) is 0 Å². The molecule has 0 N–H and O–H groups in total. The van der Waals surface area contributed by atoms with Crippen molar-refractivity contribution in [2.45, 2.75) is 13.2 Å². The zero-order chi connectivity index (χ0) is 15.0. The highest BCUT2D eigenvalue weighted by atomic mass is 16.5. The minimum Gasteiger partial charge on any atom is -0.485 e. The first-order valence-corrected chi connectivity index (χ1v) is 7.19. The van der Waals surface area contributed by atoms with Crippen LogP contribution >= 0.6 is 0 Å². The SMILES string of the molecule is c1ccc(COc2ccncc2OCc2ccccc2)cc1. The van der Waals surface area contributed by atoms with Crippen LogP contribution in [0.15, 0.2) is 79.1 Å². The average molecular weight is 291 g/mol. The van der Waals surface area contributed by atoms with Gasteiger partial charge in [0.2, 0.25) is 0 Å². The Kier molecular flexibility index (Phi) is 4.67. The number of ether oxygens (including phenoxy) is 2. The van der Waals surface area contributed by atoms with Gasteiger partial charge in [-0.2, -0.15) is 0 Å². The van der Waals surface area contributed by atoms with Gasteiger partial charge in [0, 0.05) is 12.3 Å². The normalized spacial score (nSPS) is 10.2. The topological polar surface area (TPSA) is 31.4 Å². The summed E-state index contributed by atoms with van der Waals surface area (Å²) < 4.78 is 11.7. The van der Waals surface area contributed by atoms with Crippen LogP contribution in [-0.2, 0) is 13.2 Å². The van der Waals surface area contributed by atoms with Crippen LogP contribution in [0, 0.1) is 0 Å². The van der Waals surface area contributed by atoms with Gasteiger partial charge in [0.15, 0.2) is 11.5 Å². The zero-order valence-electron chi connectivity index (χ0n) is 12.2. The molecule has 0 aliphatic rings. The summed E-state index contributed by atoms with van der Waals surface area (Å²) in [6.45, 7) is 1.00. The zero-order valence-corrected chi connectivity index (χ0v) is 12.2. The molecule has 1 heterocycles. The van der Waals surface area contributed by atoms with Gasteiger partial charge in [0.25, 0.3) is 0 Å². The van der Waals surface area contributed by atoms with Gasteiger partial charge in [-0.15, -0.1) is 0 Å². The Morgan fingerprint density at radius 2 is 1.18 bits per heavy atom. The Morgan fingerprint density at radius 3 is 1.77 bits per heavy atom. The fourth-order valence-electron chi connectivity index (χ4n) is 2.07. The molecule has 110 valence electrons. The largest absolute Gasteiger partial charge is 0.485 e. The van der Waals surface area contributed by atoms with E-state index in [2.05, 4.69) is 4.98 Å². The Morgan fingerprint density at radius 1 is 0.636 bits per heavy atom. The number of hydrogen-bond donors (Lipinski definition) is 0. The lowest BCUT2D eigenvalue weighted by Crippen LogP contribution is -2.00. The Balaban J connectivity index is 1.65. The number of nitrogens with zero attached hydrogens (tertiary/aromatic N) is 1. The van der Waals surface area contributed by atoms with E-state index in [9.17, 15) is 0 Å². The van der Waals surface area contributed by atoms with E-state index < -0.39 is 0 Å². The van der Waals surface area contributed by atoms with Gasteiger partial charge in [0.05, 0.1) is 6.20 Å². The molecule has 1 aromatic heterocycles. The lowest BCUT2D eigenvalue weighted by atomic mass is 10.2. The summed E-state index contributed by atoms with van der Waals surface area (Å²) in [5.41, 5.74) is 2.23. The van der Waals surface area contributed by atoms with Crippen molar-refractivity contribution in [1.29, 1.82) is 0 Å². The number of rotatable bonds is 6. The van der Waals surface area contributed by atoms with Gasteiger partial charge in [-0.1, -0.05) is 60.7 Å². The number of benzene rings is 2. The van der Waals surface area contributed by atoms with Crippen molar-refractivity contribution in [3.05, 3.63) is 90.3 Å². The molecular weight excluding hydrogens is 274 g/mol. The van der Waals surface area contributed by atoms with Gasteiger partial charge in [-0.05, 0) is 11.1 Å². The molecule has 3 heteroatoms. The molecule has 22 heavy (non-hydrogen) atoms. The van der Waals surface area contributed by atoms with Crippen LogP contribution in [0.5, 0.6) is 11.5 Å². The fourth-order valence-corrected chi connectivity index (χ4v) is 2.07. The van der Waals surface area contributed by atoms with E-state index in [1.807, 2.05) is 66.7 Å². The van der Waals surface area contributed by atoms with Crippen molar-refractivity contribution in [2.24, 2.45) is 0 Å². The first-order chi connectivity index (χ1) is 10.9. The van der Waals surface area contributed by atoms with E-state index >= 15 is 0 Å². The van der Waals surface area contributed by atoms with Crippen LogP contribution in [0.25, 0.3) is 0 Å². The molecule has 0 aliphatic carbocycles. The highest BCUT2D eigenvalue weighted by Gasteiger charge is 2.05. The van der Waals surface area contributed by atoms with Crippen molar-refractivity contribution in [3.8, 4) is 11.5 Å². The van der Waals surface area contributed by atoms with E-state index in [1.54, 1.807) is 12.4 Å². The van der Waals surface area contributed by atoms with Gasteiger partial charge in [-0.3, -0.25) is 4.98 Å². The summed E-state index contributed by atoms with van der Waals surface area (Å²) in [5.74, 6) is 1.36. The van der Waals surface area contributed by atoms with Gasteiger partial charge in [0.1, 0.15) is 13.2 Å². The molecule has 3 nitrogen and oxygen atoms in total. The standard InChI is InChI=1S/C19H17NO2/c1-3-7-16(8-4-1)14-21-18-11-12-20-13-19(18)22-15-17-9-5-2-6-10-17/h1-13H,14-15H2. The molecule has 0 saturated carbocycles. The number of aromatic nitrogens is 1. The van der Waals surface area contributed by atoms with Crippen LogP contribution < -0.4 is 9.47 Å². The third kappa shape index (κ3) is 3.85. The molecule has 2 aromatic carbocycles. The molecule has 0 atom stereocenters. The maximum atomic E-state index is 5.85. The molecule has 0 radical (unpaired) electrons. The monoisotopic (exact) mass is 291 g/mol. The van der Waals surface area contributed by atoms with Gasteiger partial charge >= 0.3 is 0 Å². The predicted molar refractivity (Wildman–Crippen MR) is 85.8 cm³/mol. The molecule has 0 fully saturated rings. The summed E-state index contributed by atoms with van der Waals surface area (Å²) in [6, 6.07) is 21.9.